The molecule has 0 unspecified atom stereocenters. The summed E-state index contributed by atoms with van der Waals surface area (Å²) in [6.07, 6.45) is 1.00. The minimum Gasteiger partial charge on any atom is -0.495 e. The average Bonchev–Trinajstić information content (AvgIpc) is 3.54. The number of para-hydroxylation sites is 1. The van der Waals surface area contributed by atoms with E-state index in [1.54, 1.807) is 18.4 Å². The number of aromatic nitrogens is 3. The molecule has 0 bridgehead atoms. The highest BCUT2D eigenvalue weighted by Gasteiger charge is 2.24. The van der Waals surface area contributed by atoms with E-state index in [0.717, 1.165) is 45.4 Å². The Balaban J connectivity index is 1.67. The molecule has 2 atom stereocenters. The highest BCUT2D eigenvalue weighted by molar-refractivity contribution is 8.00. The Morgan fingerprint density at radius 1 is 1.14 bits per heavy atom. The molecule has 4 aromatic rings. The van der Waals surface area contributed by atoms with E-state index < -0.39 is 5.25 Å². The molecule has 182 valence electrons. The van der Waals surface area contributed by atoms with Crippen LogP contribution in [-0.4, -0.2) is 33.0 Å². The molecule has 1 amide bonds. The summed E-state index contributed by atoms with van der Waals surface area (Å²) in [4.78, 5) is 14.2. The van der Waals surface area contributed by atoms with Gasteiger partial charge in [-0.05, 0) is 67.0 Å². The molecule has 35 heavy (non-hydrogen) atoms. The molecule has 0 spiro atoms. The molecule has 0 saturated carbocycles. The van der Waals surface area contributed by atoms with Gasteiger partial charge in [0.05, 0.1) is 22.9 Å². The predicted octanol–water partition coefficient (Wildman–Crippen LogP) is 6.95. The van der Waals surface area contributed by atoms with Gasteiger partial charge in [0.1, 0.15) is 5.75 Å². The number of hydrogen-bond donors (Lipinski definition) is 1. The van der Waals surface area contributed by atoms with Gasteiger partial charge in [-0.25, -0.2) is 0 Å². The second kappa shape index (κ2) is 11.1. The van der Waals surface area contributed by atoms with Crippen LogP contribution in [0.15, 0.2) is 65.1 Å². The zero-order valence-corrected chi connectivity index (χ0v) is 22.2. The average molecular weight is 507 g/mol. The minimum atomic E-state index is -0.394. The number of nitrogens with zero attached hydrogens (tertiary/aromatic N) is 3. The van der Waals surface area contributed by atoms with E-state index in [2.05, 4.69) is 41.5 Å². The lowest BCUT2D eigenvalue weighted by Gasteiger charge is -2.18. The van der Waals surface area contributed by atoms with Gasteiger partial charge < -0.3 is 10.1 Å². The Bertz CT molecular complexity index is 1300. The van der Waals surface area contributed by atoms with Crippen molar-refractivity contribution >= 4 is 34.7 Å². The number of ether oxygens (including phenoxy) is 1. The lowest BCUT2D eigenvalue weighted by molar-refractivity contribution is -0.115. The fourth-order valence-corrected chi connectivity index (χ4v) is 5.37. The summed E-state index contributed by atoms with van der Waals surface area (Å²) < 4.78 is 7.65. The number of aryl methyl sites for hydroxylation is 1. The largest absolute Gasteiger partial charge is 0.495 e. The van der Waals surface area contributed by atoms with Crippen LogP contribution >= 0.6 is 23.1 Å². The Hall–Kier alpha value is -3.10. The normalized spacial score (nSPS) is 12.8. The van der Waals surface area contributed by atoms with Gasteiger partial charge in [-0.15, -0.1) is 21.5 Å². The van der Waals surface area contributed by atoms with Gasteiger partial charge in [-0.3, -0.25) is 9.36 Å². The second-order valence-electron chi connectivity index (χ2n) is 8.44. The van der Waals surface area contributed by atoms with Crippen molar-refractivity contribution in [1.29, 1.82) is 0 Å². The number of anilines is 1. The summed E-state index contributed by atoms with van der Waals surface area (Å²) in [6.45, 7) is 8.26. The molecule has 2 aromatic heterocycles. The monoisotopic (exact) mass is 506 g/mol. The fraction of sp³-hybridized carbons (Fsp3) is 0.296. The predicted molar refractivity (Wildman–Crippen MR) is 145 cm³/mol. The first-order valence-corrected chi connectivity index (χ1v) is 13.4. The van der Waals surface area contributed by atoms with E-state index in [0.29, 0.717) is 11.1 Å². The highest BCUT2D eigenvalue weighted by atomic mass is 32.2. The lowest BCUT2D eigenvalue weighted by atomic mass is 9.97. The molecule has 1 N–H and O–H groups in total. The molecule has 2 aromatic carbocycles. The number of methoxy groups -OCH3 is 1. The molecule has 0 radical (unpaired) electrons. The van der Waals surface area contributed by atoms with Crippen molar-refractivity contribution in [2.24, 2.45) is 0 Å². The van der Waals surface area contributed by atoms with Crippen LogP contribution in [0.3, 0.4) is 0 Å². The van der Waals surface area contributed by atoms with Gasteiger partial charge in [-0.2, -0.15) is 0 Å². The van der Waals surface area contributed by atoms with Crippen LogP contribution in [-0.2, 0) is 4.79 Å². The number of thiophene rings is 1. The number of amides is 1. The van der Waals surface area contributed by atoms with Gasteiger partial charge in [0.2, 0.25) is 5.91 Å². The minimum absolute atomic E-state index is 0.0748. The van der Waals surface area contributed by atoms with Crippen molar-refractivity contribution in [2.75, 3.05) is 12.4 Å². The van der Waals surface area contributed by atoms with E-state index in [1.807, 2.05) is 66.3 Å². The molecule has 0 saturated heterocycles. The van der Waals surface area contributed by atoms with Crippen molar-refractivity contribution in [3.8, 4) is 22.1 Å². The number of hydrogen-bond acceptors (Lipinski definition) is 6. The highest BCUT2D eigenvalue weighted by Crippen LogP contribution is 2.36. The lowest BCUT2D eigenvalue weighted by Crippen LogP contribution is -2.23. The molecule has 0 aliphatic carbocycles. The first-order valence-electron chi connectivity index (χ1n) is 11.6. The maximum Gasteiger partial charge on any atom is 0.237 e. The molecule has 0 fully saturated rings. The topological polar surface area (TPSA) is 69.0 Å². The van der Waals surface area contributed by atoms with Crippen LogP contribution in [0.4, 0.5) is 5.69 Å². The van der Waals surface area contributed by atoms with Crippen LogP contribution in [0.1, 0.15) is 44.2 Å². The number of carbonyl (C=O) groups excluding carboxylic acids is 1. The van der Waals surface area contributed by atoms with Crippen molar-refractivity contribution in [2.45, 2.75) is 50.4 Å². The van der Waals surface area contributed by atoms with Crippen molar-refractivity contribution in [3.05, 3.63) is 71.1 Å². The second-order valence-corrected chi connectivity index (χ2v) is 10.7. The zero-order valence-electron chi connectivity index (χ0n) is 20.6. The fourth-order valence-electron chi connectivity index (χ4n) is 3.81. The number of nitrogens with one attached hydrogen (secondary N) is 1. The van der Waals surface area contributed by atoms with Gasteiger partial charge in [0.25, 0.3) is 0 Å². The van der Waals surface area contributed by atoms with Crippen molar-refractivity contribution < 1.29 is 9.53 Å². The summed E-state index contributed by atoms with van der Waals surface area (Å²) >= 11 is 2.98. The van der Waals surface area contributed by atoms with Crippen LogP contribution in [0.2, 0.25) is 0 Å². The zero-order chi connectivity index (χ0) is 24.9. The maximum absolute atomic E-state index is 13.2. The first-order chi connectivity index (χ1) is 16.9. The molecule has 2 heterocycles. The summed E-state index contributed by atoms with van der Waals surface area (Å²) in [6, 6.07) is 18.0. The van der Waals surface area contributed by atoms with Crippen LogP contribution in [0.25, 0.3) is 16.4 Å². The Morgan fingerprint density at radius 2 is 1.94 bits per heavy atom. The summed E-state index contributed by atoms with van der Waals surface area (Å²) in [7, 11) is 1.65. The molecule has 6 nitrogen and oxygen atoms in total. The standard InChI is InChI=1S/C27H30N4O2S2/c1-6-18(3)20-10-7-8-11-21(20)28-26(32)19(4)35-27-30-29-25(24-12-9-15-34-24)31(27)22-16-17(2)13-14-23(22)33-5/h7-16,18-19H,6H2,1-5H3,(H,28,32)/t18-,19+/m1/s1. The molecule has 0 aliphatic rings. The first kappa shape index (κ1) is 25.0. The number of rotatable bonds is 9. The van der Waals surface area contributed by atoms with Crippen molar-refractivity contribution in [3.63, 3.8) is 0 Å². The van der Waals surface area contributed by atoms with Gasteiger partial charge in [0, 0.05) is 5.69 Å². The summed E-state index contributed by atoms with van der Waals surface area (Å²) in [5.74, 6) is 1.73. The molecule has 8 heteroatoms. The molecular formula is C27H30N4O2S2. The Labute approximate surface area is 214 Å². The van der Waals surface area contributed by atoms with Crippen LogP contribution < -0.4 is 10.1 Å². The van der Waals surface area contributed by atoms with Crippen molar-refractivity contribution in [1.82, 2.24) is 14.8 Å². The summed E-state index contributed by atoms with van der Waals surface area (Å²) in [5.41, 5.74) is 3.95. The smallest absolute Gasteiger partial charge is 0.237 e. The van der Waals surface area contributed by atoms with E-state index in [4.69, 9.17) is 4.74 Å². The third kappa shape index (κ3) is 5.44. The Morgan fingerprint density at radius 3 is 2.66 bits per heavy atom. The summed E-state index contributed by atoms with van der Waals surface area (Å²) in [5, 5.41) is 14.4. The van der Waals surface area contributed by atoms with E-state index in [-0.39, 0.29) is 5.91 Å². The molecule has 4 rings (SSSR count). The maximum atomic E-state index is 13.2. The van der Waals surface area contributed by atoms with Gasteiger partial charge in [0.15, 0.2) is 11.0 Å². The van der Waals surface area contributed by atoms with Gasteiger partial charge in [-0.1, -0.05) is 55.9 Å². The van der Waals surface area contributed by atoms with E-state index in [9.17, 15) is 4.79 Å². The number of carbonyl (C=O) groups is 1. The van der Waals surface area contributed by atoms with E-state index in [1.165, 1.54) is 11.8 Å². The SMILES string of the molecule is CC[C@@H](C)c1ccccc1NC(=O)[C@H](C)Sc1nnc(-c2cccs2)n1-c1cc(C)ccc1OC. The Kier molecular flexibility index (Phi) is 7.93. The third-order valence-corrected chi connectivity index (χ3v) is 7.87. The number of thioether (sulfide) groups is 1. The molecular weight excluding hydrogens is 476 g/mol. The third-order valence-electron chi connectivity index (χ3n) is 5.96. The molecule has 0 aliphatic heterocycles. The van der Waals surface area contributed by atoms with Gasteiger partial charge >= 0.3 is 0 Å². The quantitative estimate of drug-likeness (QED) is 0.249. The van der Waals surface area contributed by atoms with Crippen LogP contribution in [0.5, 0.6) is 5.75 Å². The number of benzene rings is 2. The van der Waals surface area contributed by atoms with E-state index >= 15 is 0 Å². The van der Waals surface area contributed by atoms with Crippen LogP contribution in [0, 0.1) is 6.92 Å².